The molecule has 2 N–H and O–H groups in total. The van der Waals surface area contributed by atoms with Crippen LogP contribution in [0.4, 0.5) is 0 Å². The number of nitrogens with zero attached hydrogens (tertiary/aromatic N) is 1. The summed E-state index contributed by atoms with van der Waals surface area (Å²) in [5.74, 6) is 0.865. The SMILES string of the molecule is COCCN(CCOc1cccc(CN)c1)C(C)COC. The molecule has 0 saturated heterocycles. The highest BCUT2D eigenvalue weighted by Crippen LogP contribution is 2.13. The molecule has 0 aliphatic carbocycles. The van der Waals surface area contributed by atoms with Crippen LogP contribution in [0.25, 0.3) is 0 Å². The highest BCUT2D eigenvalue weighted by molar-refractivity contribution is 5.28. The van der Waals surface area contributed by atoms with E-state index in [0.29, 0.717) is 32.4 Å². The van der Waals surface area contributed by atoms with Gasteiger partial charge in [0.2, 0.25) is 0 Å². The Morgan fingerprint density at radius 3 is 2.57 bits per heavy atom. The molecule has 1 unspecified atom stereocenters. The van der Waals surface area contributed by atoms with Gasteiger partial charge in [-0.25, -0.2) is 0 Å². The first-order chi connectivity index (χ1) is 10.2. The second kappa shape index (κ2) is 10.6. The van der Waals surface area contributed by atoms with E-state index in [1.165, 1.54) is 0 Å². The molecular formula is C16H28N2O3. The summed E-state index contributed by atoms with van der Waals surface area (Å²) in [6.45, 7) is 6.42. The first-order valence-corrected chi connectivity index (χ1v) is 7.35. The molecule has 0 amide bonds. The maximum Gasteiger partial charge on any atom is 0.119 e. The Morgan fingerprint density at radius 1 is 1.14 bits per heavy atom. The lowest BCUT2D eigenvalue weighted by Crippen LogP contribution is -2.41. The Hall–Kier alpha value is -1.14. The van der Waals surface area contributed by atoms with Crippen LogP contribution in [0.2, 0.25) is 0 Å². The van der Waals surface area contributed by atoms with E-state index in [4.69, 9.17) is 19.9 Å². The maximum atomic E-state index is 5.81. The maximum absolute atomic E-state index is 5.81. The van der Waals surface area contributed by atoms with Crippen molar-refractivity contribution in [1.82, 2.24) is 4.90 Å². The Balaban J connectivity index is 2.44. The van der Waals surface area contributed by atoms with Crippen molar-refractivity contribution < 1.29 is 14.2 Å². The fourth-order valence-corrected chi connectivity index (χ4v) is 2.15. The molecule has 0 aliphatic rings. The Kier molecular flexibility index (Phi) is 9.01. The average molecular weight is 296 g/mol. The van der Waals surface area contributed by atoms with Crippen molar-refractivity contribution in [3.63, 3.8) is 0 Å². The van der Waals surface area contributed by atoms with Crippen molar-refractivity contribution in [1.29, 1.82) is 0 Å². The molecule has 5 nitrogen and oxygen atoms in total. The quantitative estimate of drug-likeness (QED) is 0.671. The molecule has 0 heterocycles. The second-order valence-corrected chi connectivity index (χ2v) is 5.03. The lowest BCUT2D eigenvalue weighted by atomic mass is 10.2. The van der Waals surface area contributed by atoms with E-state index in [1.807, 2.05) is 24.3 Å². The van der Waals surface area contributed by atoms with Crippen LogP contribution in [0.3, 0.4) is 0 Å². The molecule has 0 aliphatic heterocycles. The number of methoxy groups -OCH3 is 2. The van der Waals surface area contributed by atoms with Crippen LogP contribution in [-0.2, 0) is 16.0 Å². The molecular weight excluding hydrogens is 268 g/mol. The lowest BCUT2D eigenvalue weighted by Gasteiger charge is -2.28. The van der Waals surface area contributed by atoms with Gasteiger partial charge in [-0.05, 0) is 24.6 Å². The third-order valence-electron chi connectivity index (χ3n) is 3.40. The van der Waals surface area contributed by atoms with E-state index in [-0.39, 0.29) is 0 Å². The first-order valence-electron chi connectivity index (χ1n) is 7.35. The summed E-state index contributed by atoms with van der Waals surface area (Å²) in [6, 6.07) is 8.24. The molecule has 1 atom stereocenters. The van der Waals surface area contributed by atoms with Gasteiger partial charge in [0.15, 0.2) is 0 Å². The molecule has 120 valence electrons. The van der Waals surface area contributed by atoms with Gasteiger partial charge in [0, 0.05) is 39.9 Å². The summed E-state index contributed by atoms with van der Waals surface area (Å²) in [5.41, 5.74) is 6.71. The van der Waals surface area contributed by atoms with Gasteiger partial charge in [0.25, 0.3) is 0 Å². The molecule has 0 spiro atoms. The van der Waals surface area contributed by atoms with E-state index in [2.05, 4.69) is 11.8 Å². The van der Waals surface area contributed by atoms with E-state index >= 15 is 0 Å². The summed E-state index contributed by atoms with van der Waals surface area (Å²) in [5, 5.41) is 0. The molecule has 0 radical (unpaired) electrons. The van der Waals surface area contributed by atoms with Crippen molar-refractivity contribution in [2.45, 2.75) is 19.5 Å². The summed E-state index contributed by atoms with van der Waals surface area (Å²) in [7, 11) is 3.44. The second-order valence-electron chi connectivity index (χ2n) is 5.03. The number of hydrogen-bond acceptors (Lipinski definition) is 5. The van der Waals surface area contributed by atoms with Crippen molar-refractivity contribution in [2.75, 3.05) is 47.1 Å². The highest BCUT2D eigenvalue weighted by Gasteiger charge is 2.13. The molecule has 1 rings (SSSR count). The molecule has 0 bridgehead atoms. The largest absolute Gasteiger partial charge is 0.492 e. The molecule has 1 aromatic rings. The van der Waals surface area contributed by atoms with E-state index in [9.17, 15) is 0 Å². The first kappa shape index (κ1) is 17.9. The van der Waals surface area contributed by atoms with Crippen LogP contribution in [-0.4, -0.2) is 58.1 Å². The molecule has 0 saturated carbocycles. The van der Waals surface area contributed by atoms with Gasteiger partial charge in [-0.1, -0.05) is 12.1 Å². The van der Waals surface area contributed by atoms with Gasteiger partial charge < -0.3 is 19.9 Å². The molecule has 5 heteroatoms. The minimum atomic E-state index is 0.337. The number of nitrogens with two attached hydrogens (primary N) is 1. The van der Waals surface area contributed by atoms with Crippen molar-refractivity contribution in [3.8, 4) is 5.75 Å². The van der Waals surface area contributed by atoms with Crippen molar-refractivity contribution >= 4 is 0 Å². The lowest BCUT2D eigenvalue weighted by molar-refractivity contribution is 0.0661. The van der Waals surface area contributed by atoms with Gasteiger partial charge in [-0.15, -0.1) is 0 Å². The van der Waals surface area contributed by atoms with Gasteiger partial charge in [0.05, 0.1) is 13.2 Å². The third kappa shape index (κ3) is 6.91. The molecule has 0 aromatic heterocycles. The van der Waals surface area contributed by atoms with Crippen LogP contribution >= 0.6 is 0 Å². The van der Waals surface area contributed by atoms with Crippen LogP contribution in [0.5, 0.6) is 5.75 Å². The summed E-state index contributed by atoms with van der Waals surface area (Å²) >= 11 is 0. The third-order valence-corrected chi connectivity index (χ3v) is 3.40. The van der Waals surface area contributed by atoms with Crippen molar-refractivity contribution in [2.24, 2.45) is 5.73 Å². The highest BCUT2D eigenvalue weighted by atomic mass is 16.5. The topological polar surface area (TPSA) is 57.0 Å². The zero-order valence-corrected chi connectivity index (χ0v) is 13.4. The average Bonchev–Trinajstić information content (AvgIpc) is 2.51. The fourth-order valence-electron chi connectivity index (χ4n) is 2.15. The number of hydrogen-bond donors (Lipinski definition) is 1. The van der Waals surface area contributed by atoms with Crippen LogP contribution in [0.1, 0.15) is 12.5 Å². The number of ether oxygens (including phenoxy) is 3. The van der Waals surface area contributed by atoms with E-state index < -0.39 is 0 Å². The molecule has 0 fully saturated rings. The molecule has 1 aromatic carbocycles. The van der Waals surface area contributed by atoms with Gasteiger partial charge in [-0.3, -0.25) is 4.90 Å². The minimum Gasteiger partial charge on any atom is -0.492 e. The van der Waals surface area contributed by atoms with Crippen LogP contribution < -0.4 is 10.5 Å². The fraction of sp³-hybridized carbons (Fsp3) is 0.625. The van der Waals surface area contributed by atoms with Gasteiger partial charge >= 0.3 is 0 Å². The van der Waals surface area contributed by atoms with E-state index in [0.717, 1.165) is 24.4 Å². The van der Waals surface area contributed by atoms with E-state index in [1.54, 1.807) is 14.2 Å². The number of rotatable bonds is 11. The summed E-state index contributed by atoms with van der Waals surface area (Å²) in [4.78, 5) is 2.31. The predicted octanol–water partition coefficient (Wildman–Crippen LogP) is 1.51. The Labute approximate surface area is 128 Å². The van der Waals surface area contributed by atoms with Crippen molar-refractivity contribution in [3.05, 3.63) is 29.8 Å². The summed E-state index contributed by atoms with van der Waals surface area (Å²) < 4.78 is 16.2. The molecule has 21 heavy (non-hydrogen) atoms. The zero-order chi connectivity index (χ0) is 15.5. The monoisotopic (exact) mass is 296 g/mol. The van der Waals surface area contributed by atoms with Gasteiger partial charge in [0.1, 0.15) is 12.4 Å². The minimum absolute atomic E-state index is 0.337. The van der Waals surface area contributed by atoms with Gasteiger partial charge in [-0.2, -0.15) is 0 Å². The normalized spacial score (nSPS) is 12.6. The summed E-state index contributed by atoms with van der Waals surface area (Å²) in [6.07, 6.45) is 0. The number of benzene rings is 1. The predicted molar refractivity (Wildman–Crippen MR) is 84.6 cm³/mol. The zero-order valence-electron chi connectivity index (χ0n) is 13.4. The Bertz CT molecular complexity index is 388. The standard InChI is InChI=1S/C16H28N2O3/c1-14(13-20-3)18(7-9-19-2)8-10-21-16-6-4-5-15(11-16)12-17/h4-6,11,14H,7-10,12-13,17H2,1-3H3. The Morgan fingerprint density at radius 2 is 1.90 bits per heavy atom. The van der Waals surface area contributed by atoms with Crippen LogP contribution in [0, 0.1) is 0 Å². The van der Waals surface area contributed by atoms with Crippen LogP contribution in [0.15, 0.2) is 24.3 Å². The smallest absolute Gasteiger partial charge is 0.119 e.